The zero-order chi connectivity index (χ0) is 10.3. The van der Waals surface area contributed by atoms with E-state index in [0.717, 1.165) is 16.4 Å². The van der Waals surface area contributed by atoms with Gasteiger partial charge in [-0.15, -0.1) is 11.3 Å². The molecule has 1 aliphatic rings. The fourth-order valence-electron chi connectivity index (χ4n) is 2.04. The minimum absolute atomic E-state index is 0.844. The molecule has 1 fully saturated rings. The highest BCUT2D eigenvalue weighted by atomic mass is 32.1. The van der Waals surface area contributed by atoms with E-state index >= 15 is 0 Å². The highest BCUT2D eigenvalue weighted by Crippen LogP contribution is 2.24. The summed E-state index contributed by atoms with van der Waals surface area (Å²) in [4.78, 5) is 4.47. The number of rotatable bonds is 2. The van der Waals surface area contributed by atoms with Gasteiger partial charge in [0.1, 0.15) is 0 Å². The van der Waals surface area contributed by atoms with Gasteiger partial charge in [0.2, 0.25) is 0 Å². The Hall–Kier alpha value is -0.930. The summed E-state index contributed by atoms with van der Waals surface area (Å²) in [6.45, 7) is 4.43. The van der Waals surface area contributed by atoms with Crippen molar-refractivity contribution in [2.45, 2.75) is 13.3 Å². The van der Waals surface area contributed by atoms with E-state index < -0.39 is 0 Å². The average molecular weight is 218 g/mol. The number of aromatic nitrogens is 1. The van der Waals surface area contributed by atoms with Gasteiger partial charge >= 0.3 is 0 Å². The van der Waals surface area contributed by atoms with E-state index in [2.05, 4.69) is 35.4 Å². The predicted molar refractivity (Wildman–Crippen MR) is 64.4 cm³/mol. The largest absolute Gasteiger partial charge is 0.316 e. The van der Waals surface area contributed by atoms with E-state index in [0.29, 0.717) is 0 Å². The number of aryl methyl sites for hydroxylation is 1. The SMILES string of the molecule is Cc1nc2ccc(CC3CNC3)cc2s1. The van der Waals surface area contributed by atoms with E-state index in [1.54, 1.807) is 11.3 Å². The summed E-state index contributed by atoms with van der Waals surface area (Å²) in [6, 6.07) is 6.68. The van der Waals surface area contributed by atoms with E-state index in [1.807, 2.05) is 0 Å². The lowest BCUT2D eigenvalue weighted by atomic mass is 9.94. The molecule has 3 rings (SSSR count). The molecule has 2 heterocycles. The van der Waals surface area contributed by atoms with Crippen LogP contribution in [-0.4, -0.2) is 18.1 Å². The Labute approximate surface area is 93.3 Å². The number of fused-ring (bicyclic) bond motifs is 1. The van der Waals surface area contributed by atoms with Crippen molar-refractivity contribution in [2.75, 3.05) is 13.1 Å². The first-order valence-electron chi connectivity index (χ1n) is 5.38. The maximum absolute atomic E-state index is 4.47. The maximum atomic E-state index is 4.47. The average Bonchev–Trinajstić information content (AvgIpc) is 2.50. The highest BCUT2D eigenvalue weighted by Gasteiger charge is 2.17. The first-order valence-corrected chi connectivity index (χ1v) is 6.20. The lowest BCUT2D eigenvalue weighted by Gasteiger charge is -2.26. The van der Waals surface area contributed by atoms with Crippen molar-refractivity contribution < 1.29 is 0 Å². The van der Waals surface area contributed by atoms with Crippen LogP contribution in [-0.2, 0) is 6.42 Å². The molecule has 15 heavy (non-hydrogen) atoms. The third-order valence-corrected chi connectivity index (χ3v) is 3.88. The molecule has 3 heteroatoms. The fraction of sp³-hybridized carbons (Fsp3) is 0.417. The molecule has 0 saturated carbocycles. The zero-order valence-corrected chi connectivity index (χ0v) is 9.60. The van der Waals surface area contributed by atoms with Gasteiger partial charge < -0.3 is 5.32 Å². The van der Waals surface area contributed by atoms with Crippen LogP contribution < -0.4 is 5.32 Å². The number of benzene rings is 1. The predicted octanol–water partition coefficient (Wildman–Crippen LogP) is 2.37. The Bertz CT molecular complexity index is 485. The van der Waals surface area contributed by atoms with Gasteiger partial charge in [-0.05, 0) is 50.0 Å². The second-order valence-corrected chi connectivity index (χ2v) is 5.50. The lowest BCUT2D eigenvalue weighted by molar-refractivity contribution is 0.347. The molecule has 1 aromatic heterocycles. The summed E-state index contributed by atoms with van der Waals surface area (Å²) in [7, 11) is 0. The number of hydrogen-bond acceptors (Lipinski definition) is 3. The van der Waals surface area contributed by atoms with Crippen molar-refractivity contribution in [1.82, 2.24) is 10.3 Å². The summed E-state index contributed by atoms with van der Waals surface area (Å²) < 4.78 is 1.33. The van der Waals surface area contributed by atoms with Crippen LogP contribution in [0.3, 0.4) is 0 Å². The Morgan fingerprint density at radius 1 is 1.47 bits per heavy atom. The Kier molecular flexibility index (Phi) is 2.22. The molecule has 2 aromatic rings. The molecule has 1 N–H and O–H groups in total. The van der Waals surface area contributed by atoms with Crippen molar-refractivity contribution in [3.63, 3.8) is 0 Å². The van der Waals surface area contributed by atoms with Crippen molar-refractivity contribution in [3.05, 3.63) is 28.8 Å². The standard InChI is InChI=1S/C12H14N2S/c1-8-14-11-3-2-9(5-12(11)15-8)4-10-6-13-7-10/h2-3,5,10,13H,4,6-7H2,1H3. The molecule has 0 unspecified atom stereocenters. The van der Waals surface area contributed by atoms with Crippen LogP contribution in [0.1, 0.15) is 10.6 Å². The first-order chi connectivity index (χ1) is 7.31. The molecule has 0 atom stereocenters. The zero-order valence-electron chi connectivity index (χ0n) is 8.79. The Morgan fingerprint density at radius 3 is 3.07 bits per heavy atom. The summed E-state index contributed by atoms with van der Waals surface area (Å²) >= 11 is 1.79. The molecule has 0 aliphatic carbocycles. The second-order valence-electron chi connectivity index (χ2n) is 4.26. The van der Waals surface area contributed by atoms with Crippen LogP contribution in [0.5, 0.6) is 0 Å². The van der Waals surface area contributed by atoms with E-state index in [-0.39, 0.29) is 0 Å². The molecule has 0 radical (unpaired) electrons. The molecule has 78 valence electrons. The van der Waals surface area contributed by atoms with Crippen LogP contribution in [0.2, 0.25) is 0 Å². The summed E-state index contributed by atoms with van der Waals surface area (Å²) in [5, 5.41) is 4.47. The summed E-state index contributed by atoms with van der Waals surface area (Å²) in [5.74, 6) is 0.844. The van der Waals surface area contributed by atoms with Crippen LogP contribution in [0.15, 0.2) is 18.2 Å². The Balaban J connectivity index is 1.90. The molecule has 1 aliphatic heterocycles. The Morgan fingerprint density at radius 2 is 2.33 bits per heavy atom. The van der Waals surface area contributed by atoms with E-state index in [4.69, 9.17) is 0 Å². The number of nitrogens with zero attached hydrogens (tertiary/aromatic N) is 1. The summed E-state index contributed by atoms with van der Waals surface area (Å²) in [6.07, 6.45) is 1.21. The van der Waals surface area contributed by atoms with E-state index in [1.165, 1.54) is 29.8 Å². The third-order valence-electron chi connectivity index (χ3n) is 2.95. The number of nitrogens with one attached hydrogen (secondary N) is 1. The van der Waals surface area contributed by atoms with Crippen LogP contribution in [0.25, 0.3) is 10.2 Å². The van der Waals surface area contributed by atoms with Crippen molar-refractivity contribution in [1.29, 1.82) is 0 Å². The fourth-order valence-corrected chi connectivity index (χ4v) is 2.93. The van der Waals surface area contributed by atoms with Crippen molar-refractivity contribution >= 4 is 21.6 Å². The molecule has 1 aromatic carbocycles. The second kappa shape index (κ2) is 3.58. The van der Waals surface area contributed by atoms with Gasteiger partial charge in [0, 0.05) is 0 Å². The topological polar surface area (TPSA) is 24.9 Å². The number of thiazole rings is 1. The van der Waals surface area contributed by atoms with Crippen LogP contribution >= 0.6 is 11.3 Å². The third kappa shape index (κ3) is 1.77. The van der Waals surface area contributed by atoms with Gasteiger partial charge in [0.15, 0.2) is 0 Å². The molecular formula is C12H14N2S. The molecule has 0 bridgehead atoms. The van der Waals surface area contributed by atoms with Crippen molar-refractivity contribution in [2.24, 2.45) is 5.92 Å². The molecule has 2 nitrogen and oxygen atoms in total. The van der Waals surface area contributed by atoms with E-state index in [9.17, 15) is 0 Å². The van der Waals surface area contributed by atoms with Gasteiger partial charge in [-0.1, -0.05) is 6.07 Å². The van der Waals surface area contributed by atoms with Gasteiger partial charge in [0.05, 0.1) is 15.2 Å². The first kappa shape index (κ1) is 9.31. The molecular weight excluding hydrogens is 204 g/mol. The van der Waals surface area contributed by atoms with Crippen molar-refractivity contribution in [3.8, 4) is 0 Å². The normalized spacial score (nSPS) is 16.9. The minimum Gasteiger partial charge on any atom is -0.316 e. The quantitative estimate of drug-likeness (QED) is 0.837. The summed E-state index contributed by atoms with van der Waals surface area (Å²) in [5.41, 5.74) is 2.60. The smallest absolute Gasteiger partial charge is 0.0907 e. The van der Waals surface area contributed by atoms with Gasteiger partial charge in [0.25, 0.3) is 0 Å². The maximum Gasteiger partial charge on any atom is 0.0907 e. The van der Waals surface area contributed by atoms with Crippen LogP contribution in [0, 0.1) is 12.8 Å². The lowest BCUT2D eigenvalue weighted by Crippen LogP contribution is -2.43. The molecule has 1 saturated heterocycles. The van der Waals surface area contributed by atoms with Gasteiger partial charge in [-0.2, -0.15) is 0 Å². The number of hydrogen-bond donors (Lipinski definition) is 1. The van der Waals surface area contributed by atoms with Gasteiger partial charge in [-0.3, -0.25) is 0 Å². The highest BCUT2D eigenvalue weighted by molar-refractivity contribution is 7.18. The monoisotopic (exact) mass is 218 g/mol. The van der Waals surface area contributed by atoms with Gasteiger partial charge in [-0.25, -0.2) is 4.98 Å². The molecule has 0 amide bonds. The minimum atomic E-state index is 0.844. The molecule has 0 spiro atoms. The van der Waals surface area contributed by atoms with Crippen LogP contribution in [0.4, 0.5) is 0 Å².